The average molecular weight is 261 g/mol. The Balaban J connectivity index is 3.09. The van der Waals surface area contributed by atoms with E-state index in [-0.39, 0.29) is 17.2 Å². The van der Waals surface area contributed by atoms with Crippen LogP contribution in [-0.2, 0) is 0 Å². The van der Waals surface area contributed by atoms with Gasteiger partial charge in [0.1, 0.15) is 17.4 Å². The zero-order chi connectivity index (χ0) is 13.0. The number of aliphatic hydroxyl groups excluding tert-OH is 2. The molecule has 0 spiro atoms. The third-order valence-corrected chi connectivity index (χ3v) is 2.64. The zero-order valence-corrected chi connectivity index (χ0v) is 9.89. The Morgan fingerprint density at radius 2 is 2.12 bits per heavy atom. The third-order valence-electron chi connectivity index (χ3n) is 2.32. The van der Waals surface area contributed by atoms with Crippen molar-refractivity contribution in [2.24, 2.45) is 0 Å². The molecule has 1 rings (SSSR count). The van der Waals surface area contributed by atoms with Crippen LogP contribution in [0.4, 0.5) is 0 Å². The lowest BCUT2D eigenvalue weighted by atomic mass is 10.0. The van der Waals surface area contributed by atoms with Gasteiger partial charge in [-0.3, -0.25) is 0 Å². The lowest BCUT2D eigenvalue weighted by Gasteiger charge is -2.17. The molecule has 0 saturated heterocycles. The van der Waals surface area contributed by atoms with E-state index in [4.69, 9.17) is 21.4 Å². The number of hydrogen-bond acceptors (Lipinski definition) is 4. The van der Waals surface area contributed by atoms with Crippen LogP contribution in [0.2, 0.25) is 0 Å². The predicted octanol–water partition coefficient (Wildman–Crippen LogP) is 1.03. The fourth-order valence-electron chi connectivity index (χ4n) is 1.37. The first kappa shape index (κ1) is 13.8. The summed E-state index contributed by atoms with van der Waals surface area (Å²) in [6.07, 6.45) is -2.29. The molecule has 5 nitrogen and oxygen atoms in total. The number of benzene rings is 1. The van der Waals surface area contributed by atoms with Crippen molar-refractivity contribution in [3.63, 3.8) is 0 Å². The van der Waals surface area contributed by atoms with Crippen LogP contribution in [0.1, 0.15) is 22.0 Å². The number of halogens is 1. The smallest absolute Gasteiger partial charge is 0.339 e. The van der Waals surface area contributed by atoms with Crippen LogP contribution in [-0.4, -0.2) is 40.4 Å². The maximum atomic E-state index is 10.8. The molecule has 0 saturated carbocycles. The summed E-state index contributed by atoms with van der Waals surface area (Å²) in [5.74, 6) is -1.12. The second kappa shape index (κ2) is 5.86. The number of carbonyl (C=O) groups is 1. The Kier molecular flexibility index (Phi) is 4.74. The molecule has 0 radical (unpaired) electrons. The van der Waals surface area contributed by atoms with Gasteiger partial charge in [0.05, 0.1) is 19.1 Å². The highest BCUT2D eigenvalue weighted by atomic mass is 35.5. The maximum Gasteiger partial charge on any atom is 0.339 e. The van der Waals surface area contributed by atoms with Gasteiger partial charge in [-0.05, 0) is 17.7 Å². The van der Waals surface area contributed by atoms with Gasteiger partial charge >= 0.3 is 5.97 Å². The summed E-state index contributed by atoms with van der Waals surface area (Å²) in [4.78, 5) is 10.8. The maximum absolute atomic E-state index is 10.8. The zero-order valence-electron chi connectivity index (χ0n) is 9.13. The van der Waals surface area contributed by atoms with E-state index in [2.05, 4.69) is 0 Å². The minimum absolute atomic E-state index is 0.0104. The Hall–Kier alpha value is -1.30. The van der Waals surface area contributed by atoms with Crippen molar-refractivity contribution in [3.8, 4) is 5.75 Å². The SMILES string of the molecule is COc1cc(C(O)C(O)CCl)ccc1C(=O)O. The summed E-state index contributed by atoms with van der Waals surface area (Å²) in [6, 6.07) is 4.08. The molecule has 0 amide bonds. The molecular formula is C11H13ClO5. The quantitative estimate of drug-likeness (QED) is 0.688. The van der Waals surface area contributed by atoms with Crippen molar-refractivity contribution < 1.29 is 24.9 Å². The summed E-state index contributed by atoms with van der Waals surface area (Å²) in [6.45, 7) is 0. The number of alkyl halides is 1. The van der Waals surface area contributed by atoms with Gasteiger partial charge in [-0.15, -0.1) is 11.6 Å². The number of aliphatic hydroxyl groups is 2. The number of methoxy groups -OCH3 is 1. The van der Waals surface area contributed by atoms with Gasteiger partial charge in [0.25, 0.3) is 0 Å². The highest BCUT2D eigenvalue weighted by Crippen LogP contribution is 2.25. The minimum atomic E-state index is -1.18. The van der Waals surface area contributed by atoms with E-state index in [1.165, 1.54) is 25.3 Å². The lowest BCUT2D eigenvalue weighted by molar-refractivity contribution is 0.0326. The molecule has 0 aliphatic heterocycles. The standard InChI is InChI=1S/C11H13ClO5/c1-17-9-4-6(10(14)8(13)5-12)2-3-7(9)11(15)16/h2-4,8,10,13-14H,5H2,1H3,(H,15,16). The van der Waals surface area contributed by atoms with Crippen LogP contribution in [0.3, 0.4) is 0 Å². The molecule has 0 fully saturated rings. The van der Waals surface area contributed by atoms with Crippen molar-refractivity contribution in [1.29, 1.82) is 0 Å². The summed E-state index contributed by atoms with van der Waals surface area (Å²) >= 11 is 5.42. The third kappa shape index (κ3) is 3.09. The van der Waals surface area contributed by atoms with E-state index in [1.54, 1.807) is 0 Å². The number of hydrogen-bond donors (Lipinski definition) is 3. The van der Waals surface area contributed by atoms with Gasteiger partial charge < -0.3 is 20.1 Å². The monoisotopic (exact) mass is 260 g/mol. The van der Waals surface area contributed by atoms with E-state index < -0.39 is 18.2 Å². The Labute approximate surface area is 103 Å². The van der Waals surface area contributed by atoms with Crippen molar-refractivity contribution in [2.75, 3.05) is 13.0 Å². The Morgan fingerprint density at radius 3 is 2.59 bits per heavy atom. The Morgan fingerprint density at radius 1 is 1.47 bits per heavy atom. The molecule has 0 bridgehead atoms. The Bertz CT molecular complexity index is 407. The highest BCUT2D eigenvalue weighted by Gasteiger charge is 2.20. The van der Waals surface area contributed by atoms with Gasteiger partial charge in [0.15, 0.2) is 0 Å². The van der Waals surface area contributed by atoms with Gasteiger partial charge in [0, 0.05) is 0 Å². The molecule has 6 heteroatoms. The van der Waals surface area contributed by atoms with Gasteiger partial charge in [-0.1, -0.05) is 6.07 Å². The molecule has 1 aromatic carbocycles. The molecule has 3 N–H and O–H groups in total. The normalized spacial score (nSPS) is 14.1. The molecule has 0 aliphatic carbocycles. The van der Waals surface area contributed by atoms with Crippen molar-refractivity contribution in [2.45, 2.75) is 12.2 Å². The first-order valence-corrected chi connectivity index (χ1v) is 5.38. The van der Waals surface area contributed by atoms with E-state index in [0.29, 0.717) is 5.56 Å². The molecule has 1 aromatic rings. The lowest BCUT2D eigenvalue weighted by Crippen LogP contribution is -2.19. The van der Waals surface area contributed by atoms with Crippen molar-refractivity contribution >= 4 is 17.6 Å². The number of carboxylic acid groups (broad SMARTS) is 1. The summed E-state index contributed by atoms with van der Waals surface area (Å²) < 4.78 is 4.90. The largest absolute Gasteiger partial charge is 0.496 e. The topological polar surface area (TPSA) is 87.0 Å². The predicted molar refractivity (Wildman–Crippen MR) is 61.6 cm³/mol. The van der Waals surface area contributed by atoms with Crippen LogP contribution >= 0.6 is 11.6 Å². The van der Waals surface area contributed by atoms with E-state index in [1.807, 2.05) is 0 Å². The van der Waals surface area contributed by atoms with E-state index >= 15 is 0 Å². The van der Waals surface area contributed by atoms with Gasteiger partial charge in [-0.25, -0.2) is 4.79 Å². The van der Waals surface area contributed by atoms with E-state index in [9.17, 15) is 15.0 Å². The fraction of sp³-hybridized carbons (Fsp3) is 0.364. The molecule has 17 heavy (non-hydrogen) atoms. The number of carboxylic acids is 1. The van der Waals surface area contributed by atoms with Crippen LogP contribution in [0.25, 0.3) is 0 Å². The summed E-state index contributed by atoms with van der Waals surface area (Å²) in [5, 5.41) is 28.0. The number of ether oxygens (including phenoxy) is 1. The van der Waals surface area contributed by atoms with Gasteiger partial charge in [0.2, 0.25) is 0 Å². The molecule has 2 atom stereocenters. The van der Waals surface area contributed by atoms with Crippen LogP contribution < -0.4 is 4.74 Å². The van der Waals surface area contributed by atoms with Crippen LogP contribution in [0, 0.1) is 0 Å². The summed E-state index contributed by atoms with van der Waals surface area (Å²) in [5.41, 5.74) is 0.337. The van der Waals surface area contributed by atoms with E-state index in [0.717, 1.165) is 0 Å². The van der Waals surface area contributed by atoms with Crippen molar-refractivity contribution in [1.82, 2.24) is 0 Å². The molecule has 0 heterocycles. The van der Waals surface area contributed by atoms with Crippen molar-refractivity contribution in [3.05, 3.63) is 29.3 Å². The van der Waals surface area contributed by atoms with Crippen LogP contribution in [0.15, 0.2) is 18.2 Å². The minimum Gasteiger partial charge on any atom is -0.496 e. The molecule has 94 valence electrons. The fourth-order valence-corrected chi connectivity index (χ4v) is 1.54. The molecule has 0 aliphatic rings. The average Bonchev–Trinajstić information content (AvgIpc) is 2.35. The number of rotatable bonds is 5. The molecule has 2 unspecified atom stereocenters. The second-order valence-corrected chi connectivity index (χ2v) is 3.74. The summed E-state index contributed by atoms with van der Waals surface area (Å²) in [7, 11) is 1.33. The van der Waals surface area contributed by atoms with Gasteiger partial charge in [-0.2, -0.15) is 0 Å². The van der Waals surface area contributed by atoms with Crippen LogP contribution in [0.5, 0.6) is 5.75 Å². The highest BCUT2D eigenvalue weighted by molar-refractivity contribution is 6.18. The number of aromatic carboxylic acids is 1. The first-order chi connectivity index (χ1) is 8.01. The molecular weight excluding hydrogens is 248 g/mol. The molecule has 0 aromatic heterocycles. The second-order valence-electron chi connectivity index (χ2n) is 3.43. The first-order valence-electron chi connectivity index (χ1n) is 4.84.